The molecule has 10 nitrogen and oxygen atoms in total. The summed E-state index contributed by atoms with van der Waals surface area (Å²) >= 11 is 0. The fraction of sp³-hybridized carbons (Fsp3) is 0.400. The van der Waals surface area contributed by atoms with Gasteiger partial charge in [0.05, 0.1) is 37.4 Å². The molecule has 10 heteroatoms. The van der Waals surface area contributed by atoms with Gasteiger partial charge in [-0.05, 0) is 85.7 Å². The second kappa shape index (κ2) is 16.6. The van der Waals surface area contributed by atoms with E-state index < -0.39 is 6.04 Å². The Morgan fingerprint density at radius 1 is 0.960 bits per heavy atom. The number of carbonyl (C=O) groups excluding carboxylic acids is 3. The van der Waals surface area contributed by atoms with Crippen molar-refractivity contribution in [3.8, 4) is 11.4 Å². The molecule has 0 radical (unpaired) electrons. The van der Waals surface area contributed by atoms with Gasteiger partial charge in [0.15, 0.2) is 5.69 Å². The summed E-state index contributed by atoms with van der Waals surface area (Å²) < 4.78 is 6.99. The lowest BCUT2D eigenvalue weighted by atomic mass is 9.93. The zero-order chi connectivity index (χ0) is 35.8. The highest BCUT2D eigenvalue weighted by Crippen LogP contribution is 2.29. The molecule has 0 fully saturated rings. The van der Waals surface area contributed by atoms with Crippen LogP contribution < -0.4 is 10.1 Å². The molecule has 5 rings (SSSR count). The van der Waals surface area contributed by atoms with Crippen LogP contribution in [-0.4, -0.2) is 75.3 Å². The Morgan fingerprint density at radius 2 is 1.68 bits per heavy atom. The third-order valence-electron chi connectivity index (χ3n) is 9.35. The Labute approximate surface area is 295 Å². The predicted molar refractivity (Wildman–Crippen MR) is 195 cm³/mol. The molecular weight excluding hydrogens is 630 g/mol. The van der Waals surface area contributed by atoms with Gasteiger partial charge in [-0.1, -0.05) is 63.1 Å². The molecule has 50 heavy (non-hydrogen) atoms. The Balaban J connectivity index is 1.50. The topological polar surface area (TPSA) is 117 Å². The van der Waals surface area contributed by atoms with Crippen LogP contribution >= 0.6 is 0 Å². The highest BCUT2D eigenvalue weighted by Gasteiger charge is 2.32. The number of aliphatic hydroxyl groups excluding tert-OH is 1. The average Bonchev–Trinajstić information content (AvgIpc) is 3.51. The molecule has 0 saturated heterocycles. The maximum Gasteiger partial charge on any atom is 0.274 e. The number of fused-ring (bicyclic) bond motifs is 1. The molecule has 3 amide bonds. The van der Waals surface area contributed by atoms with E-state index in [1.54, 1.807) is 41.0 Å². The molecule has 3 aromatic carbocycles. The number of amides is 3. The van der Waals surface area contributed by atoms with E-state index in [-0.39, 0.29) is 30.7 Å². The molecule has 0 bridgehead atoms. The van der Waals surface area contributed by atoms with Crippen LogP contribution in [0, 0.1) is 13.8 Å². The van der Waals surface area contributed by atoms with Crippen LogP contribution in [0.5, 0.6) is 5.75 Å². The molecule has 0 aliphatic carbocycles. The summed E-state index contributed by atoms with van der Waals surface area (Å²) in [6.45, 7) is 9.46. The summed E-state index contributed by atoms with van der Waals surface area (Å²) in [5, 5.41) is 18.1. The third kappa shape index (κ3) is 8.25. The van der Waals surface area contributed by atoms with Gasteiger partial charge >= 0.3 is 0 Å². The van der Waals surface area contributed by atoms with E-state index in [1.807, 2.05) is 61.2 Å². The molecule has 1 atom stereocenters. The summed E-state index contributed by atoms with van der Waals surface area (Å²) in [5.41, 5.74) is 6.16. The van der Waals surface area contributed by atoms with Gasteiger partial charge in [-0.2, -0.15) is 5.10 Å². The van der Waals surface area contributed by atoms with Crippen molar-refractivity contribution in [3.63, 3.8) is 0 Å². The van der Waals surface area contributed by atoms with Gasteiger partial charge in [-0.3, -0.25) is 14.4 Å². The van der Waals surface area contributed by atoms with Gasteiger partial charge < -0.3 is 25.0 Å². The van der Waals surface area contributed by atoms with E-state index in [0.717, 1.165) is 53.7 Å². The number of carbonyl (C=O) groups is 3. The minimum Gasteiger partial charge on any atom is -0.496 e. The van der Waals surface area contributed by atoms with Crippen LogP contribution in [0.4, 0.5) is 5.69 Å². The zero-order valence-corrected chi connectivity index (χ0v) is 29.9. The minimum atomic E-state index is -0.427. The Morgan fingerprint density at radius 3 is 2.34 bits per heavy atom. The quantitative estimate of drug-likeness (QED) is 0.162. The van der Waals surface area contributed by atoms with Crippen LogP contribution in [0.25, 0.3) is 5.69 Å². The molecule has 0 saturated carbocycles. The van der Waals surface area contributed by atoms with Gasteiger partial charge in [-0.25, -0.2) is 4.68 Å². The Hall–Kier alpha value is -4.96. The summed E-state index contributed by atoms with van der Waals surface area (Å²) in [5.74, 6) is 0.0871. The van der Waals surface area contributed by atoms with Gasteiger partial charge in [0, 0.05) is 31.0 Å². The molecule has 1 unspecified atom stereocenters. The lowest BCUT2D eigenvalue weighted by molar-refractivity contribution is -0.115. The maximum absolute atomic E-state index is 14.6. The van der Waals surface area contributed by atoms with Crippen LogP contribution in [0.1, 0.15) is 88.3 Å². The van der Waals surface area contributed by atoms with Crippen LogP contribution in [-0.2, 0) is 24.2 Å². The van der Waals surface area contributed by atoms with Gasteiger partial charge in [0.2, 0.25) is 5.91 Å². The summed E-state index contributed by atoms with van der Waals surface area (Å²) in [7, 11) is 1.61. The number of nitrogens with one attached hydrogen (secondary N) is 1. The molecule has 2 N–H and O–H groups in total. The first-order valence-corrected chi connectivity index (χ1v) is 17.6. The average molecular weight is 680 g/mol. The van der Waals surface area contributed by atoms with Crippen LogP contribution in [0.15, 0.2) is 66.7 Å². The number of aromatic nitrogens is 2. The minimum absolute atomic E-state index is 0.132. The molecule has 1 aromatic heterocycles. The molecule has 4 aromatic rings. The number of hydrogen-bond donors (Lipinski definition) is 2. The van der Waals surface area contributed by atoms with Crippen molar-refractivity contribution in [2.45, 2.75) is 78.8 Å². The van der Waals surface area contributed by atoms with Crippen LogP contribution in [0.2, 0.25) is 0 Å². The smallest absolute Gasteiger partial charge is 0.274 e. The van der Waals surface area contributed by atoms with E-state index >= 15 is 0 Å². The highest BCUT2D eigenvalue weighted by molar-refractivity contribution is 6.01. The molecular formula is C40H49N5O5. The number of ether oxygens (including phenoxy) is 1. The van der Waals surface area contributed by atoms with Gasteiger partial charge in [-0.15, -0.1) is 0 Å². The van der Waals surface area contributed by atoms with Crippen molar-refractivity contribution in [2.24, 2.45) is 0 Å². The normalized spacial score (nSPS) is 13.9. The number of anilines is 1. The van der Waals surface area contributed by atoms with E-state index in [9.17, 15) is 19.5 Å². The first-order valence-electron chi connectivity index (χ1n) is 17.6. The largest absolute Gasteiger partial charge is 0.496 e. The first kappa shape index (κ1) is 36.3. The van der Waals surface area contributed by atoms with Gasteiger partial charge in [0.25, 0.3) is 11.8 Å². The fourth-order valence-electron chi connectivity index (χ4n) is 6.55. The van der Waals surface area contributed by atoms with E-state index in [1.165, 1.54) is 0 Å². The third-order valence-corrected chi connectivity index (χ3v) is 9.35. The summed E-state index contributed by atoms with van der Waals surface area (Å²) in [4.78, 5) is 45.1. The van der Waals surface area contributed by atoms with Crippen molar-refractivity contribution in [3.05, 3.63) is 106 Å². The number of aryl methyl sites for hydroxylation is 2. The maximum atomic E-state index is 14.6. The highest BCUT2D eigenvalue weighted by atomic mass is 16.5. The second-order valence-electron chi connectivity index (χ2n) is 13.1. The molecule has 2 heterocycles. The predicted octanol–water partition coefficient (Wildman–Crippen LogP) is 6.28. The lowest BCUT2D eigenvalue weighted by Gasteiger charge is -2.36. The molecule has 1 aliphatic heterocycles. The number of aliphatic hydroxyl groups is 1. The fourth-order valence-corrected chi connectivity index (χ4v) is 6.55. The lowest BCUT2D eigenvalue weighted by Crippen LogP contribution is -2.46. The second-order valence-corrected chi connectivity index (χ2v) is 13.1. The molecule has 1 aliphatic rings. The van der Waals surface area contributed by atoms with Crippen molar-refractivity contribution in [1.29, 1.82) is 0 Å². The Bertz CT molecular complexity index is 1820. The number of rotatable bonds is 14. The molecule has 264 valence electrons. The standard InChI is InChI=1S/C40H49N5O5/c1-6-8-18-43(19-9-7-2)40(49)35-21-28(4)45(42-35)36-16-15-32(41-38(47)22-29-14-17-37(50-5)27(3)20-29)24-34(36)39(48)44-25-31-13-11-10-12-30(31)23-33(44)26-46/h10-17,20-21,24,33,46H,6-9,18-19,22-23,25-26H2,1-5H3,(H,41,47). The number of hydrogen-bond acceptors (Lipinski definition) is 6. The summed E-state index contributed by atoms with van der Waals surface area (Å²) in [6.07, 6.45) is 4.44. The van der Waals surface area contributed by atoms with Crippen molar-refractivity contribution < 1.29 is 24.2 Å². The van der Waals surface area contributed by atoms with E-state index in [2.05, 4.69) is 19.2 Å². The monoisotopic (exact) mass is 679 g/mol. The molecule has 0 spiro atoms. The number of unbranched alkanes of at least 4 members (excludes halogenated alkanes) is 2. The summed E-state index contributed by atoms with van der Waals surface area (Å²) in [6, 6.07) is 20.1. The number of methoxy groups -OCH3 is 1. The number of benzene rings is 3. The van der Waals surface area contributed by atoms with Crippen molar-refractivity contribution >= 4 is 23.4 Å². The van der Waals surface area contributed by atoms with E-state index in [0.29, 0.717) is 54.4 Å². The SMILES string of the molecule is CCCCN(CCCC)C(=O)c1cc(C)n(-c2ccc(NC(=O)Cc3ccc(OC)c(C)c3)cc2C(=O)N2Cc3ccccc3CC2CO)n1. The van der Waals surface area contributed by atoms with Crippen molar-refractivity contribution in [1.82, 2.24) is 19.6 Å². The van der Waals surface area contributed by atoms with E-state index in [4.69, 9.17) is 9.84 Å². The van der Waals surface area contributed by atoms with Gasteiger partial charge in [0.1, 0.15) is 5.75 Å². The first-order chi connectivity index (χ1) is 24.2. The van der Waals surface area contributed by atoms with Crippen molar-refractivity contribution in [2.75, 3.05) is 32.1 Å². The Kier molecular flexibility index (Phi) is 12.1. The number of nitrogens with zero attached hydrogens (tertiary/aromatic N) is 4. The van der Waals surface area contributed by atoms with Crippen LogP contribution in [0.3, 0.4) is 0 Å². The zero-order valence-electron chi connectivity index (χ0n) is 29.9.